The minimum Gasteiger partial charge on any atom is -0.330 e. The van der Waals surface area contributed by atoms with E-state index in [9.17, 15) is 13.6 Å². The zero-order valence-electron chi connectivity index (χ0n) is 9.17. The van der Waals surface area contributed by atoms with E-state index in [-0.39, 0.29) is 23.7 Å². The average Bonchev–Trinajstić information content (AvgIpc) is 2.25. The van der Waals surface area contributed by atoms with Crippen LogP contribution < -0.4 is 5.73 Å². The third-order valence-corrected chi connectivity index (χ3v) is 2.62. The average molecular weight is 227 g/mol. The molecule has 0 aromatic heterocycles. The molecule has 0 aliphatic heterocycles. The molecule has 0 fully saturated rings. The Balaban J connectivity index is 2.80. The zero-order chi connectivity index (χ0) is 12.1. The minimum atomic E-state index is -0.808. The highest BCUT2D eigenvalue weighted by Crippen LogP contribution is 2.16. The van der Waals surface area contributed by atoms with Gasteiger partial charge in [0.2, 0.25) is 0 Å². The van der Waals surface area contributed by atoms with Crippen molar-refractivity contribution in [2.75, 3.05) is 6.54 Å². The van der Waals surface area contributed by atoms with Crippen LogP contribution in [0.5, 0.6) is 0 Å². The van der Waals surface area contributed by atoms with Crippen LogP contribution in [0.4, 0.5) is 8.78 Å². The van der Waals surface area contributed by atoms with E-state index in [0.717, 1.165) is 18.6 Å². The van der Waals surface area contributed by atoms with Crippen molar-refractivity contribution in [3.05, 3.63) is 35.4 Å². The Morgan fingerprint density at radius 3 is 2.62 bits per heavy atom. The third kappa shape index (κ3) is 3.10. The summed E-state index contributed by atoms with van der Waals surface area (Å²) >= 11 is 0. The summed E-state index contributed by atoms with van der Waals surface area (Å²) in [5.41, 5.74) is 5.40. The first-order chi connectivity index (χ1) is 7.58. The number of Topliss-reactive ketones (excluding diaryl/α,β-unsaturated/α-hetero) is 1. The van der Waals surface area contributed by atoms with Crippen molar-refractivity contribution in [2.24, 2.45) is 11.7 Å². The van der Waals surface area contributed by atoms with Crippen LogP contribution in [0, 0.1) is 17.6 Å². The van der Waals surface area contributed by atoms with Gasteiger partial charge in [0.1, 0.15) is 11.6 Å². The van der Waals surface area contributed by atoms with Gasteiger partial charge in [0.15, 0.2) is 5.78 Å². The van der Waals surface area contributed by atoms with Gasteiger partial charge in [0.25, 0.3) is 0 Å². The van der Waals surface area contributed by atoms with Crippen molar-refractivity contribution in [3.8, 4) is 0 Å². The molecule has 4 heteroatoms. The molecule has 0 spiro atoms. The molecule has 1 unspecified atom stereocenters. The number of halogens is 2. The molecule has 0 bridgehead atoms. The first kappa shape index (κ1) is 12.8. The Kier molecular flexibility index (Phi) is 4.55. The Labute approximate surface area is 93.5 Å². The maximum atomic E-state index is 13.3. The monoisotopic (exact) mass is 227 g/mol. The molecule has 0 aliphatic rings. The topological polar surface area (TPSA) is 43.1 Å². The molecule has 1 aromatic carbocycles. The molecule has 0 saturated heterocycles. The number of hydrogen-bond acceptors (Lipinski definition) is 2. The SMILES string of the molecule is CCC(CN)CC(=O)c1ccc(F)cc1F. The summed E-state index contributed by atoms with van der Waals surface area (Å²) in [6.45, 7) is 2.32. The maximum Gasteiger partial charge on any atom is 0.166 e. The van der Waals surface area contributed by atoms with E-state index in [4.69, 9.17) is 5.73 Å². The van der Waals surface area contributed by atoms with E-state index >= 15 is 0 Å². The summed E-state index contributed by atoms with van der Waals surface area (Å²) in [4.78, 5) is 11.7. The van der Waals surface area contributed by atoms with Crippen LogP contribution in [0.25, 0.3) is 0 Å². The van der Waals surface area contributed by atoms with Gasteiger partial charge in [-0.2, -0.15) is 0 Å². The fraction of sp³-hybridized carbons (Fsp3) is 0.417. The van der Waals surface area contributed by atoms with Crippen molar-refractivity contribution in [1.29, 1.82) is 0 Å². The second kappa shape index (κ2) is 5.70. The molecule has 0 amide bonds. The highest BCUT2D eigenvalue weighted by molar-refractivity contribution is 5.96. The predicted molar refractivity (Wildman–Crippen MR) is 58.1 cm³/mol. The van der Waals surface area contributed by atoms with Crippen LogP contribution in [0.1, 0.15) is 30.1 Å². The van der Waals surface area contributed by atoms with Gasteiger partial charge in [-0.25, -0.2) is 8.78 Å². The normalized spacial score (nSPS) is 12.5. The maximum absolute atomic E-state index is 13.3. The molecule has 1 atom stereocenters. The van der Waals surface area contributed by atoms with E-state index in [0.29, 0.717) is 6.54 Å². The van der Waals surface area contributed by atoms with Gasteiger partial charge in [0.05, 0.1) is 5.56 Å². The van der Waals surface area contributed by atoms with Gasteiger partial charge in [-0.05, 0) is 24.6 Å². The predicted octanol–water partition coefficient (Wildman–Crippen LogP) is 2.52. The summed E-state index contributed by atoms with van der Waals surface area (Å²) in [5, 5.41) is 0. The summed E-state index contributed by atoms with van der Waals surface area (Å²) in [6, 6.07) is 2.98. The van der Waals surface area contributed by atoms with E-state index in [2.05, 4.69) is 0 Å². The molecule has 2 nitrogen and oxygen atoms in total. The molecular formula is C12H15F2NO. The van der Waals surface area contributed by atoms with Gasteiger partial charge >= 0.3 is 0 Å². The number of ketones is 1. The molecule has 0 radical (unpaired) electrons. The lowest BCUT2D eigenvalue weighted by Crippen LogP contribution is -2.18. The van der Waals surface area contributed by atoms with E-state index in [1.165, 1.54) is 6.07 Å². The number of nitrogens with two attached hydrogens (primary N) is 1. The minimum absolute atomic E-state index is 0.0527. The Hall–Kier alpha value is -1.29. The Bertz CT molecular complexity index is 375. The molecular weight excluding hydrogens is 212 g/mol. The summed E-state index contributed by atoms with van der Waals surface area (Å²) < 4.78 is 25.9. The van der Waals surface area contributed by atoms with Crippen molar-refractivity contribution in [1.82, 2.24) is 0 Å². The Morgan fingerprint density at radius 2 is 2.12 bits per heavy atom. The molecule has 16 heavy (non-hydrogen) atoms. The van der Waals surface area contributed by atoms with Gasteiger partial charge in [0, 0.05) is 12.5 Å². The number of carbonyl (C=O) groups excluding carboxylic acids is 1. The lowest BCUT2D eigenvalue weighted by Gasteiger charge is -2.11. The summed E-state index contributed by atoms with van der Waals surface area (Å²) in [5.74, 6) is -1.76. The molecule has 0 heterocycles. The van der Waals surface area contributed by atoms with Crippen LogP contribution >= 0.6 is 0 Å². The van der Waals surface area contributed by atoms with E-state index < -0.39 is 11.6 Å². The first-order valence-electron chi connectivity index (χ1n) is 5.26. The summed E-state index contributed by atoms with van der Waals surface area (Å²) in [7, 11) is 0. The van der Waals surface area contributed by atoms with Crippen LogP contribution in [0.15, 0.2) is 18.2 Å². The quantitative estimate of drug-likeness (QED) is 0.785. The van der Waals surface area contributed by atoms with Gasteiger partial charge in [-0.3, -0.25) is 4.79 Å². The molecule has 88 valence electrons. The molecule has 0 saturated carbocycles. The van der Waals surface area contributed by atoms with Crippen LogP contribution in [0.3, 0.4) is 0 Å². The summed E-state index contributed by atoms with van der Waals surface area (Å²) in [6.07, 6.45) is 0.973. The van der Waals surface area contributed by atoms with Gasteiger partial charge < -0.3 is 5.73 Å². The van der Waals surface area contributed by atoms with Gasteiger partial charge in [-0.15, -0.1) is 0 Å². The Morgan fingerprint density at radius 1 is 1.44 bits per heavy atom. The van der Waals surface area contributed by atoms with Crippen LogP contribution in [-0.4, -0.2) is 12.3 Å². The van der Waals surface area contributed by atoms with Crippen LogP contribution in [-0.2, 0) is 0 Å². The number of hydrogen-bond donors (Lipinski definition) is 1. The van der Waals surface area contributed by atoms with Gasteiger partial charge in [-0.1, -0.05) is 13.3 Å². The largest absolute Gasteiger partial charge is 0.330 e. The highest BCUT2D eigenvalue weighted by Gasteiger charge is 2.16. The van der Waals surface area contributed by atoms with Crippen LogP contribution in [0.2, 0.25) is 0 Å². The van der Waals surface area contributed by atoms with E-state index in [1.54, 1.807) is 0 Å². The third-order valence-electron chi connectivity index (χ3n) is 2.62. The molecule has 2 N–H and O–H groups in total. The molecule has 1 aromatic rings. The second-order valence-corrected chi connectivity index (χ2v) is 3.76. The standard InChI is InChI=1S/C12H15F2NO/c1-2-8(7-15)5-12(16)10-4-3-9(13)6-11(10)14/h3-4,6,8H,2,5,7,15H2,1H3. The molecule has 0 aliphatic carbocycles. The fourth-order valence-electron chi connectivity index (χ4n) is 1.48. The second-order valence-electron chi connectivity index (χ2n) is 3.76. The zero-order valence-corrected chi connectivity index (χ0v) is 9.17. The first-order valence-corrected chi connectivity index (χ1v) is 5.26. The lowest BCUT2D eigenvalue weighted by atomic mass is 9.96. The highest BCUT2D eigenvalue weighted by atomic mass is 19.1. The van der Waals surface area contributed by atoms with Crippen molar-refractivity contribution in [2.45, 2.75) is 19.8 Å². The number of carbonyl (C=O) groups is 1. The fourth-order valence-corrected chi connectivity index (χ4v) is 1.48. The lowest BCUT2D eigenvalue weighted by molar-refractivity contribution is 0.0957. The smallest absolute Gasteiger partial charge is 0.166 e. The number of rotatable bonds is 5. The molecule has 1 rings (SSSR count). The van der Waals surface area contributed by atoms with Crippen molar-refractivity contribution in [3.63, 3.8) is 0 Å². The van der Waals surface area contributed by atoms with Crippen molar-refractivity contribution < 1.29 is 13.6 Å². The van der Waals surface area contributed by atoms with Crippen molar-refractivity contribution >= 4 is 5.78 Å². The van der Waals surface area contributed by atoms with E-state index in [1.807, 2.05) is 6.92 Å². The number of benzene rings is 1.